The van der Waals surface area contributed by atoms with Crippen LogP contribution in [0, 0.1) is 11.7 Å². The van der Waals surface area contributed by atoms with Crippen LogP contribution in [0.1, 0.15) is 19.8 Å². The number of benzene rings is 2. The number of nitrogens with one attached hydrogen (secondary N) is 2. The van der Waals surface area contributed by atoms with Crippen LogP contribution in [0.3, 0.4) is 0 Å². The zero-order valence-electron chi connectivity index (χ0n) is 17.1. The number of rotatable bonds is 4. The van der Waals surface area contributed by atoms with Crippen LogP contribution in [0.25, 0.3) is 11.3 Å². The Morgan fingerprint density at radius 2 is 1.77 bits per heavy atom. The normalized spacial score (nSPS) is 14.4. The lowest BCUT2D eigenvalue weighted by molar-refractivity contribution is 0.262. The van der Waals surface area contributed by atoms with E-state index in [-0.39, 0.29) is 5.02 Å². The Kier molecular flexibility index (Phi) is 6.32. The first-order valence-corrected chi connectivity index (χ1v) is 10.6. The minimum absolute atomic E-state index is 0.0547. The Bertz CT molecular complexity index is 1070. The smallest absolute Gasteiger partial charge is 0.323 e. The molecule has 2 heterocycles. The Morgan fingerprint density at radius 3 is 2.45 bits per heavy atom. The summed E-state index contributed by atoms with van der Waals surface area (Å²) in [5, 5.41) is 14.1. The predicted octanol–water partition coefficient (Wildman–Crippen LogP) is 5.82. The molecular weight excluding hydrogens is 417 g/mol. The van der Waals surface area contributed by atoms with E-state index in [0.29, 0.717) is 11.4 Å². The SMILES string of the molecule is CC1CCN(c2ccc(-c3cccc(NC(=O)Nc4ccc(F)c(Cl)c4)c3)nn2)CC1. The molecule has 0 atom stereocenters. The van der Waals surface area contributed by atoms with E-state index in [4.69, 9.17) is 11.6 Å². The summed E-state index contributed by atoms with van der Waals surface area (Å²) in [6.45, 7) is 4.29. The highest BCUT2D eigenvalue weighted by atomic mass is 35.5. The van der Waals surface area contributed by atoms with Crippen molar-refractivity contribution in [2.24, 2.45) is 5.92 Å². The lowest BCUT2D eigenvalue weighted by Gasteiger charge is -2.30. The average Bonchev–Trinajstić information content (AvgIpc) is 2.77. The van der Waals surface area contributed by atoms with E-state index < -0.39 is 11.8 Å². The van der Waals surface area contributed by atoms with E-state index in [2.05, 4.69) is 32.7 Å². The largest absolute Gasteiger partial charge is 0.355 e. The zero-order valence-corrected chi connectivity index (χ0v) is 17.9. The number of amides is 2. The number of halogens is 2. The van der Waals surface area contributed by atoms with E-state index in [9.17, 15) is 9.18 Å². The average molecular weight is 440 g/mol. The van der Waals surface area contributed by atoms with E-state index in [0.717, 1.165) is 36.1 Å². The van der Waals surface area contributed by atoms with Crippen molar-refractivity contribution < 1.29 is 9.18 Å². The Labute approximate surface area is 185 Å². The fourth-order valence-corrected chi connectivity index (χ4v) is 3.69. The van der Waals surface area contributed by atoms with Crippen LogP contribution in [0.2, 0.25) is 5.02 Å². The minimum atomic E-state index is -0.540. The third kappa shape index (κ3) is 5.30. The van der Waals surface area contributed by atoms with Gasteiger partial charge in [0.1, 0.15) is 5.82 Å². The van der Waals surface area contributed by atoms with Crippen molar-refractivity contribution in [3.8, 4) is 11.3 Å². The molecule has 6 nitrogen and oxygen atoms in total. The number of nitrogens with zero attached hydrogens (tertiary/aromatic N) is 3. The third-order valence-electron chi connectivity index (χ3n) is 5.35. The molecule has 2 N–H and O–H groups in total. The van der Waals surface area contributed by atoms with Gasteiger partial charge in [-0.05, 0) is 61.2 Å². The molecule has 0 saturated carbocycles. The molecule has 0 aliphatic carbocycles. The summed E-state index contributed by atoms with van der Waals surface area (Å²) in [5.41, 5.74) is 2.56. The van der Waals surface area contributed by atoms with Gasteiger partial charge in [0, 0.05) is 30.0 Å². The van der Waals surface area contributed by atoms with Crippen LogP contribution in [0.4, 0.5) is 26.4 Å². The molecule has 8 heteroatoms. The molecule has 0 unspecified atom stereocenters. The number of anilines is 3. The molecule has 2 aromatic carbocycles. The zero-order chi connectivity index (χ0) is 21.8. The quantitative estimate of drug-likeness (QED) is 0.537. The van der Waals surface area contributed by atoms with Crippen LogP contribution < -0.4 is 15.5 Å². The summed E-state index contributed by atoms with van der Waals surface area (Å²) in [6.07, 6.45) is 2.34. The molecular formula is C23H23ClFN5O. The van der Waals surface area contributed by atoms with E-state index in [1.807, 2.05) is 30.3 Å². The summed E-state index contributed by atoms with van der Waals surface area (Å²) < 4.78 is 13.3. The maximum absolute atomic E-state index is 13.3. The van der Waals surface area contributed by atoms with Gasteiger partial charge in [0.2, 0.25) is 0 Å². The lowest BCUT2D eigenvalue weighted by atomic mass is 9.99. The maximum atomic E-state index is 13.3. The molecule has 1 aliphatic heterocycles. The van der Waals surface area contributed by atoms with Crippen LogP contribution in [-0.2, 0) is 0 Å². The van der Waals surface area contributed by atoms with Crippen LogP contribution >= 0.6 is 11.6 Å². The van der Waals surface area contributed by atoms with Gasteiger partial charge in [-0.3, -0.25) is 0 Å². The van der Waals surface area contributed by atoms with Gasteiger partial charge < -0.3 is 15.5 Å². The highest BCUT2D eigenvalue weighted by molar-refractivity contribution is 6.31. The first-order chi connectivity index (χ1) is 15.0. The van der Waals surface area contributed by atoms with Gasteiger partial charge in [0.25, 0.3) is 0 Å². The Balaban J connectivity index is 1.41. The summed E-state index contributed by atoms with van der Waals surface area (Å²) in [6, 6.07) is 14.8. The maximum Gasteiger partial charge on any atom is 0.323 e. The second-order valence-electron chi connectivity index (χ2n) is 7.74. The Morgan fingerprint density at radius 1 is 1.03 bits per heavy atom. The van der Waals surface area contributed by atoms with Crippen molar-refractivity contribution in [2.45, 2.75) is 19.8 Å². The van der Waals surface area contributed by atoms with Gasteiger partial charge in [-0.15, -0.1) is 10.2 Å². The molecule has 0 spiro atoms. The fourth-order valence-electron chi connectivity index (χ4n) is 3.51. The molecule has 0 radical (unpaired) electrons. The van der Waals surface area contributed by atoms with Gasteiger partial charge in [-0.1, -0.05) is 30.7 Å². The summed E-state index contributed by atoms with van der Waals surface area (Å²) >= 11 is 5.75. The number of carbonyl (C=O) groups is 1. The van der Waals surface area contributed by atoms with Gasteiger partial charge in [-0.25, -0.2) is 9.18 Å². The highest BCUT2D eigenvalue weighted by Crippen LogP contribution is 2.25. The summed E-state index contributed by atoms with van der Waals surface area (Å²) in [5.74, 6) is 1.11. The van der Waals surface area contributed by atoms with Crippen LogP contribution in [-0.4, -0.2) is 29.3 Å². The lowest BCUT2D eigenvalue weighted by Crippen LogP contribution is -2.33. The number of hydrogen-bond acceptors (Lipinski definition) is 4. The van der Waals surface area contributed by atoms with Crippen molar-refractivity contribution in [2.75, 3.05) is 28.6 Å². The standard InChI is InChI=1S/C23H23ClFN5O/c1-15-9-11-30(12-10-15)22-8-7-21(28-29-22)16-3-2-4-17(13-16)26-23(31)27-18-5-6-20(25)19(24)14-18/h2-8,13-15H,9-12H2,1H3,(H2,26,27,31). The van der Waals surface area contributed by atoms with Gasteiger partial charge in [0.15, 0.2) is 5.82 Å². The molecule has 3 aromatic rings. The van der Waals surface area contributed by atoms with E-state index in [1.54, 1.807) is 6.07 Å². The fraction of sp³-hybridized carbons (Fsp3) is 0.261. The van der Waals surface area contributed by atoms with Crippen molar-refractivity contribution in [1.29, 1.82) is 0 Å². The van der Waals surface area contributed by atoms with Gasteiger partial charge >= 0.3 is 6.03 Å². The van der Waals surface area contributed by atoms with Crippen LogP contribution in [0.15, 0.2) is 54.6 Å². The molecule has 1 fully saturated rings. The molecule has 1 aliphatic rings. The van der Waals surface area contributed by atoms with E-state index in [1.165, 1.54) is 31.0 Å². The number of hydrogen-bond donors (Lipinski definition) is 2. The monoisotopic (exact) mass is 439 g/mol. The number of carbonyl (C=O) groups excluding carboxylic acids is 1. The van der Waals surface area contributed by atoms with Crippen LogP contribution in [0.5, 0.6) is 0 Å². The van der Waals surface area contributed by atoms with Crippen molar-refractivity contribution in [1.82, 2.24) is 10.2 Å². The molecule has 1 saturated heterocycles. The molecule has 2 amide bonds. The highest BCUT2D eigenvalue weighted by Gasteiger charge is 2.17. The first-order valence-electron chi connectivity index (χ1n) is 10.2. The second kappa shape index (κ2) is 9.31. The van der Waals surface area contributed by atoms with Crippen molar-refractivity contribution >= 4 is 34.8 Å². The van der Waals surface area contributed by atoms with E-state index >= 15 is 0 Å². The molecule has 1 aromatic heterocycles. The first kappa shape index (κ1) is 21.1. The number of urea groups is 1. The molecule has 31 heavy (non-hydrogen) atoms. The molecule has 160 valence electrons. The topological polar surface area (TPSA) is 70.2 Å². The van der Waals surface area contributed by atoms with Gasteiger partial charge in [0.05, 0.1) is 10.7 Å². The Hall–Kier alpha value is -3.19. The molecule has 4 rings (SSSR count). The minimum Gasteiger partial charge on any atom is -0.355 e. The molecule has 0 bridgehead atoms. The third-order valence-corrected chi connectivity index (χ3v) is 5.64. The second-order valence-corrected chi connectivity index (χ2v) is 8.14. The number of aromatic nitrogens is 2. The predicted molar refractivity (Wildman–Crippen MR) is 122 cm³/mol. The van der Waals surface area contributed by atoms with Crippen molar-refractivity contribution in [3.05, 3.63) is 65.4 Å². The van der Waals surface area contributed by atoms with Crippen molar-refractivity contribution in [3.63, 3.8) is 0 Å². The van der Waals surface area contributed by atoms with Gasteiger partial charge in [-0.2, -0.15) is 0 Å². The summed E-state index contributed by atoms with van der Waals surface area (Å²) in [4.78, 5) is 14.5. The number of piperidine rings is 1. The summed E-state index contributed by atoms with van der Waals surface area (Å²) in [7, 11) is 0.